The number of carbonyl (C=O) groups excluding carboxylic acids is 1. The Morgan fingerprint density at radius 2 is 1.92 bits per heavy atom. The van der Waals surface area contributed by atoms with Crippen LogP contribution in [0.2, 0.25) is 0 Å². The molecule has 0 heterocycles. The zero-order chi connectivity index (χ0) is 9.68. The fraction of sp³-hybridized carbons (Fsp3) is 0. The van der Waals surface area contributed by atoms with E-state index in [0.29, 0.717) is 23.5 Å². The molecule has 0 saturated carbocycles. The first kappa shape index (κ1) is 9.12. The lowest BCUT2D eigenvalue weighted by atomic mass is 10.2. The molecule has 0 fully saturated rings. The molecule has 4 heteroatoms. The summed E-state index contributed by atoms with van der Waals surface area (Å²) in [6.45, 7) is 6.77. The highest BCUT2D eigenvalue weighted by Crippen LogP contribution is 2.29. The van der Waals surface area contributed by atoms with Crippen molar-refractivity contribution in [3.8, 4) is 0 Å². The molecule has 0 spiro atoms. The van der Waals surface area contributed by atoms with Crippen molar-refractivity contribution in [1.29, 1.82) is 0 Å². The molecule has 1 aromatic rings. The quantitative estimate of drug-likeness (QED) is 0.551. The van der Waals surface area contributed by atoms with Gasteiger partial charge in [-0.1, -0.05) is 0 Å². The molecule has 0 saturated heterocycles. The SMILES string of the molecule is C=Nc1ccc(NC=O)cc1N=C. The van der Waals surface area contributed by atoms with E-state index in [-0.39, 0.29) is 0 Å². The van der Waals surface area contributed by atoms with Gasteiger partial charge in [0.2, 0.25) is 6.41 Å². The van der Waals surface area contributed by atoms with Gasteiger partial charge in [0.25, 0.3) is 0 Å². The summed E-state index contributed by atoms with van der Waals surface area (Å²) in [6, 6.07) is 5.10. The van der Waals surface area contributed by atoms with Crippen LogP contribution >= 0.6 is 0 Å². The van der Waals surface area contributed by atoms with Gasteiger partial charge in [-0.3, -0.25) is 14.8 Å². The number of nitrogens with one attached hydrogen (secondary N) is 1. The van der Waals surface area contributed by atoms with Gasteiger partial charge in [0, 0.05) is 5.69 Å². The first-order valence-electron chi connectivity index (χ1n) is 3.59. The van der Waals surface area contributed by atoms with E-state index in [2.05, 4.69) is 28.7 Å². The van der Waals surface area contributed by atoms with Crippen LogP contribution in [0.3, 0.4) is 0 Å². The highest BCUT2D eigenvalue weighted by molar-refractivity contribution is 5.78. The average Bonchev–Trinajstić information content (AvgIpc) is 2.18. The third kappa shape index (κ3) is 1.99. The predicted molar refractivity (Wildman–Crippen MR) is 54.5 cm³/mol. The fourth-order valence-corrected chi connectivity index (χ4v) is 0.942. The summed E-state index contributed by atoms with van der Waals surface area (Å²) in [7, 11) is 0. The molecule has 0 radical (unpaired) electrons. The molecule has 1 rings (SSSR count). The van der Waals surface area contributed by atoms with Crippen molar-refractivity contribution in [1.82, 2.24) is 0 Å². The molecular formula is C9H9N3O. The minimum absolute atomic E-state index is 0.599. The van der Waals surface area contributed by atoms with Crippen LogP contribution in [0, 0.1) is 0 Å². The van der Waals surface area contributed by atoms with Crippen LogP contribution in [0.25, 0.3) is 0 Å². The Balaban J connectivity index is 3.11. The third-order valence-corrected chi connectivity index (χ3v) is 1.54. The second-order valence-electron chi connectivity index (χ2n) is 2.28. The summed E-state index contributed by atoms with van der Waals surface area (Å²) in [6.07, 6.45) is 0.600. The van der Waals surface area contributed by atoms with Crippen LogP contribution in [0.4, 0.5) is 17.1 Å². The molecule has 0 aliphatic rings. The van der Waals surface area contributed by atoms with E-state index in [0.717, 1.165) is 0 Å². The van der Waals surface area contributed by atoms with E-state index in [1.54, 1.807) is 18.2 Å². The highest BCUT2D eigenvalue weighted by atomic mass is 16.1. The molecule has 0 aromatic heterocycles. The van der Waals surface area contributed by atoms with Gasteiger partial charge in [0.05, 0.1) is 11.4 Å². The molecule has 0 unspecified atom stereocenters. The Labute approximate surface area is 76.0 Å². The second-order valence-corrected chi connectivity index (χ2v) is 2.28. The van der Waals surface area contributed by atoms with Crippen LogP contribution in [0.1, 0.15) is 0 Å². The van der Waals surface area contributed by atoms with Gasteiger partial charge >= 0.3 is 0 Å². The Bertz CT molecular complexity index is 347. The number of anilines is 1. The van der Waals surface area contributed by atoms with Crippen LogP contribution in [0.15, 0.2) is 28.2 Å². The molecule has 13 heavy (non-hydrogen) atoms. The second kappa shape index (κ2) is 4.15. The van der Waals surface area contributed by atoms with E-state index < -0.39 is 0 Å². The lowest BCUT2D eigenvalue weighted by Gasteiger charge is -2.02. The summed E-state index contributed by atoms with van der Waals surface area (Å²) in [4.78, 5) is 17.6. The first-order valence-corrected chi connectivity index (χ1v) is 3.59. The van der Waals surface area contributed by atoms with Crippen LogP contribution in [-0.2, 0) is 4.79 Å². The summed E-state index contributed by atoms with van der Waals surface area (Å²) >= 11 is 0. The topological polar surface area (TPSA) is 53.8 Å². The zero-order valence-corrected chi connectivity index (χ0v) is 7.03. The van der Waals surface area contributed by atoms with Crippen molar-refractivity contribution in [3.05, 3.63) is 18.2 Å². The van der Waals surface area contributed by atoms with E-state index in [4.69, 9.17) is 0 Å². The maximum absolute atomic E-state index is 10.1. The number of hydrogen-bond acceptors (Lipinski definition) is 3. The summed E-state index contributed by atoms with van der Waals surface area (Å²) in [5, 5.41) is 2.50. The van der Waals surface area contributed by atoms with Crippen molar-refractivity contribution in [2.24, 2.45) is 9.98 Å². The zero-order valence-electron chi connectivity index (χ0n) is 7.03. The van der Waals surface area contributed by atoms with Gasteiger partial charge in [0.15, 0.2) is 0 Å². The molecule has 4 nitrogen and oxygen atoms in total. The summed E-state index contributed by atoms with van der Waals surface area (Å²) < 4.78 is 0. The van der Waals surface area contributed by atoms with Crippen molar-refractivity contribution < 1.29 is 4.79 Å². The van der Waals surface area contributed by atoms with Crippen LogP contribution < -0.4 is 5.32 Å². The number of rotatable bonds is 4. The van der Waals surface area contributed by atoms with Gasteiger partial charge in [-0.05, 0) is 31.6 Å². The molecular weight excluding hydrogens is 166 g/mol. The molecule has 0 aliphatic heterocycles. The Kier molecular flexibility index (Phi) is 2.92. The molecule has 1 amide bonds. The van der Waals surface area contributed by atoms with Gasteiger partial charge in [-0.2, -0.15) is 0 Å². The van der Waals surface area contributed by atoms with Crippen molar-refractivity contribution in [2.75, 3.05) is 5.32 Å². The molecule has 1 aromatic carbocycles. The van der Waals surface area contributed by atoms with Crippen LogP contribution in [-0.4, -0.2) is 19.8 Å². The van der Waals surface area contributed by atoms with Gasteiger partial charge in [-0.25, -0.2) is 0 Å². The molecule has 0 aliphatic carbocycles. The molecule has 0 bridgehead atoms. The highest BCUT2D eigenvalue weighted by Gasteiger charge is 1.99. The molecule has 66 valence electrons. The van der Waals surface area contributed by atoms with E-state index in [1.807, 2.05) is 0 Å². The summed E-state index contributed by atoms with van der Waals surface area (Å²) in [5.41, 5.74) is 1.90. The Hall–Kier alpha value is -1.97. The van der Waals surface area contributed by atoms with Gasteiger partial charge in [0.1, 0.15) is 0 Å². The molecule has 1 N–H and O–H groups in total. The monoisotopic (exact) mass is 175 g/mol. The number of nitrogens with zero attached hydrogens (tertiary/aromatic N) is 2. The Morgan fingerprint density at radius 1 is 1.23 bits per heavy atom. The smallest absolute Gasteiger partial charge is 0.211 e. The largest absolute Gasteiger partial charge is 0.329 e. The lowest BCUT2D eigenvalue weighted by Crippen LogP contribution is -1.92. The number of amides is 1. The number of aliphatic imine (C=N–C) groups is 2. The predicted octanol–water partition coefficient (Wildman–Crippen LogP) is 1.92. The first-order chi connectivity index (χ1) is 6.31. The lowest BCUT2D eigenvalue weighted by molar-refractivity contribution is -0.105. The van der Waals surface area contributed by atoms with Crippen molar-refractivity contribution in [3.63, 3.8) is 0 Å². The Morgan fingerprint density at radius 3 is 2.46 bits per heavy atom. The number of carbonyl (C=O) groups is 1. The van der Waals surface area contributed by atoms with E-state index >= 15 is 0 Å². The van der Waals surface area contributed by atoms with Gasteiger partial charge in [-0.15, -0.1) is 0 Å². The number of hydrogen-bond donors (Lipinski definition) is 1. The number of benzene rings is 1. The van der Waals surface area contributed by atoms with Crippen LogP contribution in [0.5, 0.6) is 0 Å². The third-order valence-electron chi connectivity index (χ3n) is 1.54. The van der Waals surface area contributed by atoms with E-state index in [1.165, 1.54) is 0 Å². The fourth-order valence-electron chi connectivity index (χ4n) is 0.942. The maximum Gasteiger partial charge on any atom is 0.211 e. The minimum atomic E-state index is 0.599. The van der Waals surface area contributed by atoms with E-state index in [9.17, 15) is 4.79 Å². The standard InChI is InChI=1S/C9H9N3O/c1-10-8-4-3-7(12-6-13)5-9(8)11-2/h3-6H,1-2H2,(H,12,13). The summed E-state index contributed by atoms with van der Waals surface area (Å²) in [5.74, 6) is 0. The van der Waals surface area contributed by atoms with Gasteiger partial charge < -0.3 is 5.32 Å². The molecule has 0 atom stereocenters. The average molecular weight is 175 g/mol. The minimum Gasteiger partial charge on any atom is -0.329 e. The maximum atomic E-state index is 10.1. The van der Waals surface area contributed by atoms with Crippen molar-refractivity contribution in [2.45, 2.75) is 0 Å². The van der Waals surface area contributed by atoms with Crippen molar-refractivity contribution >= 4 is 36.9 Å². The normalized spacial score (nSPS) is 8.92.